The summed E-state index contributed by atoms with van der Waals surface area (Å²) in [5, 5.41) is 0. The predicted octanol–water partition coefficient (Wildman–Crippen LogP) is -1.73. The smallest absolute Gasteiger partial charge is 0.236 e. The number of nitrogens with zero attached hydrogens (tertiary/aromatic N) is 1. The van der Waals surface area contributed by atoms with Crippen molar-refractivity contribution in [2.75, 3.05) is 0 Å². The molecule has 0 spiro atoms. The zero-order valence-electron chi connectivity index (χ0n) is 6.45. The van der Waals surface area contributed by atoms with E-state index in [-0.39, 0.29) is 0 Å². The number of aromatic amines is 1. The quantitative estimate of drug-likeness (QED) is 0.317. The molecule has 6 nitrogen and oxygen atoms in total. The third kappa shape index (κ3) is 2.04. The van der Waals surface area contributed by atoms with Crippen molar-refractivity contribution in [2.45, 2.75) is 12.5 Å². The Morgan fingerprint density at radius 1 is 1.83 bits per heavy atom. The third-order valence-electron chi connectivity index (χ3n) is 1.52. The van der Waals surface area contributed by atoms with Crippen molar-refractivity contribution in [3.8, 4) is 0 Å². The first-order valence-corrected chi connectivity index (χ1v) is 3.46. The molecule has 1 atom stereocenters. The van der Waals surface area contributed by atoms with Gasteiger partial charge in [-0.3, -0.25) is 10.6 Å². The molecule has 0 aliphatic heterocycles. The van der Waals surface area contributed by atoms with Crippen molar-refractivity contribution >= 4 is 5.91 Å². The molecule has 1 rings (SSSR count). The minimum atomic E-state index is -0.551. The van der Waals surface area contributed by atoms with Gasteiger partial charge in [-0.25, -0.2) is 10.4 Å². The topological polar surface area (TPSA) is 110 Å². The molecule has 0 saturated carbocycles. The normalized spacial score (nSPS) is 12.8. The van der Waals surface area contributed by atoms with E-state index in [2.05, 4.69) is 15.4 Å². The van der Waals surface area contributed by atoms with Gasteiger partial charge in [-0.1, -0.05) is 0 Å². The molecule has 0 fully saturated rings. The van der Waals surface area contributed by atoms with Crippen LogP contribution >= 0.6 is 0 Å². The van der Waals surface area contributed by atoms with E-state index < -0.39 is 11.9 Å². The van der Waals surface area contributed by atoms with E-state index in [1.807, 2.05) is 0 Å². The molecule has 0 bridgehead atoms. The highest BCUT2D eigenvalue weighted by Crippen LogP contribution is 1.96. The van der Waals surface area contributed by atoms with Gasteiger partial charge in [0, 0.05) is 18.3 Å². The van der Waals surface area contributed by atoms with Crippen molar-refractivity contribution in [3.05, 3.63) is 18.2 Å². The Hall–Kier alpha value is -1.40. The molecule has 0 aliphatic rings. The number of rotatable bonds is 4. The summed E-state index contributed by atoms with van der Waals surface area (Å²) in [6.07, 6.45) is 3.57. The Bertz CT molecular complexity index is 244. The van der Waals surface area contributed by atoms with E-state index in [1.165, 1.54) is 6.33 Å². The van der Waals surface area contributed by atoms with Gasteiger partial charge in [-0.15, -0.1) is 0 Å². The maximum Gasteiger partial charge on any atom is 0.236 e. The van der Waals surface area contributed by atoms with Crippen LogP contribution in [-0.2, 0) is 11.2 Å². The number of hydrazine groups is 1. The summed E-state index contributed by atoms with van der Waals surface area (Å²) in [5.74, 6) is 4.63. The van der Waals surface area contributed by atoms with Gasteiger partial charge in [0.1, 0.15) is 6.04 Å². The van der Waals surface area contributed by atoms with Crippen molar-refractivity contribution in [2.24, 2.45) is 11.6 Å². The molecule has 1 amide bonds. The van der Waals surface area contributed by atoms with Crippen LogP contribution in [0.2, 0.25) is 0 Å². The molecular formula is C6H11N5O. The number of primary amides is 1. The summed E-state index contributed by atoms with van der Waals surface area (Å²) in [6, 6.07) is -0.551. The van der Waals surface area contributed by atoms with E-state index in [4.69, 9.17) is 11.6 Å². The van der Waals surface area contributed by atoms with Gasteiger partial charge in [0.05, 0.1) is 6.33 Å². The predicted molar refractivity (Wildman–Crippen MR) is 42.6 cm³/mol. The molecule has 0 radical (unpaired) electrons. The van der Waals surface area contributed by atoms with Crippen LogP contribution in [0.15, 0.2) is 12.5 Å². The van der Waals surface area contributed by atoms with Gasteiger partial charge in [-0.05, 0) is 0 Å². The van der Waals surface area contributed by atoms with Gasteiger partial charge in [0.25, 0.3) is 0 Å². The second kappa shape index (κ2) is 3.84. The van der Waals surface area contributed by atoms with Crippen molar-refractivity contribution in [3.63, 3.8) is 0 Å². The molecule has 1 heterocycles. The average Bonchev–Trinajstić information content (AvgIpc) is 2.51. The summed E-state index contributed by atoms with van der Waals surface area (Å²) in [5.41, 5.74) is 8.18. The van der Waals surface area contributed by atoms with Gasteiger partial charge < -0.3 is 10.7 Å². The number of imidazole rings is 1. The van der Waals surface area contributed by atoms with Crippen LogP contribution in [0.25, 0.3) is 0 Å². The van der Waals surface area contributed by atoms with E-state index in [0.717, 1.165) is 5.69 Å². The number of aromatic nitrogens is 2. The standard InChI is InChI=1S/C6H11N5O/c7-6(12)5(11-8)1-4-2-9-3-10-4/h2-3,5,11H,1,8H2,(H2,7,12)(H,9,10). The van der Waals surface area contributed by atoms with Gasteiger partial charge in [0.15, 0.2) is 0 Å². The highest BCUT2D eigenvalue weighted by molar-refractivity contribution is 5.80. The zero-order valence-corrected chi connectivity index (χ0v) is 6.45. The number of amides is 1. The Labute approximate surface area is 69.3 Å². The monoisotopic (exact) mass is 169 g/mol. The summed E-state index contributed by atoms with van der Waals surface area (Å²) < 4.78 is 0. The fraction of sp³-hybridized carbons (Fsp3) is 0.333. The Kier molecular flexibility index (Phi) is 2.78. The fourth-order valence-electron chi connectivity index (χ4n) is 0.858. The van der Waals surface area contributed by atoms with Gasteiger partial charge in [-0.2, -0.15) is 0 Å². The molecule has 1 unspecified atom stereocenters. The lowest BCUT2D eigenvalue weighted by Crippen LogP contribution is -2.46. The number of nitrogens with one attached hydrogen (secondary N) is 2. The van der Waals surface area contributed by atoms with Crippen LogP contribution in [0.1, 0.15) is 5.69 Å². The maximum atomic E-state index is 10.7. The molecule has 12 heavy (non-hydrogen) atoms. The van der Waals surface area contributed by atoms with Crippen LogP contribution in [0.3, 0.4) is 0 Å². The van der Waals surface area contributed by atoms with E-state index in [9.17, 15) is 4.79 Å². The fourth-order valence-corrected chi connectivity index (χ4v) is 0.858. The molecule has 66 valence electrons. The zero-order chi connectivity index (χ0) is 8.97. The first-order chi connectivity index (χ1) is 5.74. The average molecular weight is 169 g/mol. The van der Waals surface area contributed by atoms with Crippen molar-refractivity contribution in [1.82, 2.24) is 15.4 Å². The van der Waals surface area contributed by atoms with Crippen LogP contribution < -0.4 is 17.0 Å². The molecule has 6 N–H and O–H groups in total. The van der Waals surface area contributed by atoms with Gasteiger partial charge in [0.2, 0.25) is 5.91 Å². The molecular weight excluding hydrogens is 158 g/mol. The number of nitrogens with two attached hydrogens (primary N) is 2. The van der Waals surface area contributed by atoms with E-state index >= 15 is 0 Å². The molecule has 6 heteroatoms. The molecule has 0 aromatic carbocycles. The summed E-state index contributed by atoms with van der Waals surface area (Å²) in [7, 11) is 0. The van der Waals surface area contributed by atoms with Crippen LogP contribution in [-0.4, -0.2) is 21.9 Å². The lowest BCUT2D eigenvalue weighted by atomic mass is 10.2. The van der Waals surface area contributed by atoms with E-state index in [1.54, 1.807) is 6.20 Å². The molecule has 0 saturated heterocycles. The lowest BCUT2D eigenvalue weighted by molar-refractivity contribution is -0.120. The summed E-state index contributed by atoms with van der Waals surface area (Å²) in [6.45, 7) is 0. The number of carbonyl (C=O) groups excluding carboxylic acids is 1. The summed E-state index contributed by atoms with van der Waals surface area (Å²) >= 11 is 0. The van der Waals surface area contributed by atoms with E-state index in [0.29, 0.717) is 6.42 Å². The minimum Gasteiger partial charge on any atom is -0.368 e. The van der Waals surface area contributed by atoms with Crippen molar-refractivity contribution < 1.29 is 4.79 Å². The molecule has 0 aliphatic carbocycles. The number of hydrogen-bond donors (Lipinski definition) is 4. The first-order valence-electron chi connectivity index (χ1n) is 3.46. The first kappa shape index (κ1) is 8.69. The largest absolute Gasteiger partial charge is 0.368 e. The Morgan fingerprint density at radius 2 is 2.58 bits per heavy atom. The number of hydrogen-bond acceptors (Lipinski definition) is 4. The van der Waals surface area contributed by atoms with Crippen LogP contribution in [0, 0.1) is 0 Å². The lowest BCUT2D eigenvalue weighted by Gasteiger charge is -2.09. The third-order valence-corrected chi connectivity index (χ3v) is 1.52. The second-order valence-corrected chi connectivity index (χ2v) is 2.40. The van der Waals surface area contributed by atoms with Gasteiger partial charge >= 0.3 is 0 Å². The maximum absolute atomic E-state index is 10.7. The number of carbonyl (C=O) groups is 1. The summed E-state index contributed by atoms with van der Waals surface area (Å²) in [4.78, 5) is 17.3. The highest BCUT2D eigenvalue weighted by Gasteiger charge is 2.13. The molecule has 1 aromatic heterocycles. The van der Waals surface area contributed by atoms with Crippen LogP contribution in [0.4, 0.5) is 0 Å². The highest BCUT2D eigenvalue weighted by atomic mass is 16.1. The second-order valence-electron chi connectivity index (χ2n) is 2.40. The number of H-pyrrole nitrogens is 1. The van der Waals surface area contributed by atoms with Crippen LogP contribution in [0.5, 0.6) is 0 Å². The molecule has 1 aromatic rings. The SMILES string of the molecule is NNC(Cc1cnc[nH]1)C(N)=O. The Balaban J connectivity index is 2.54. The van der Waals surface area contributed by atoms with Crippen molar-refractivity contribution in [1.29, 1.82) is 0 Å². The minimum absolute atomic E-state index is 0.422. The Morgan fingerprint density at radius 3 is 3.00 bits per heavy atom.